The number of hydrogen-bond donors (Lipinski definition) is 2. The van der Waals surface area contributed by atoms with Crippen molar-refractivity contribution in [3.8, 4) is 0 Å². The summed E-state index contributed by atoms with van der Waals surface area (Å²) in [6.45, 7) is 2.07. The van der Waals surface area contributed by atoms with Gasteiger partial charge >= 0.3 is 0 Å². The maximum absolute atomic E-state index is 12.7. The number of hydrogen-bond acceptors (Lipinski definition) is 3. The number of benzene rings is 1. The molecule has 0 saturated heterocycles. The maximum atomic E-state index is 12.7. The Hall–Kier alpha value is -1.07. The third kappa shape index (κ3) is 2.68. The molecule has 0 unspecified atom stereocenters. The first-order valence-corrected chi connectivity index (χ1v) is 10.2. The van der Waals surface area contributed by atoms with E-state index in [2.05, 4.69) is 11.6 Å². The molecular formula is C18H26N2O2S. The molecule has 23 heavy (non-hydrogen) atoms. The number of rotatable bonds is 4. The number of anilines is 1. The van der Waals surface area contributed by atoms with Crippen molar-refractivity contribution in [1.82, 2.24) is 4.72 Å². The molecule has 0 heterocycles. The molecule has 0 aromatic heterocycles. The molecule has 5 heteroatoms. The van der Waals surface area contributed by atoms with Crippen molar-refractivity contribution in [3.63, 3.8) is 0 Å². The lowest BCUT2D eigenvalue weighted by molar-refractivity contribution is -0.0666. The van der Waals surface area contributed by atoms with Crippen LogP contribution in [0.15, 0.2) is 29.2 Å². The van der Waals surface area contributed by atoms with Crippen LogP contribution >= 0.6 is 0 Å². The van der Waals surface area contributed by atoms with Crippen LogP contribution in [0.3, 0.4) is 0 Å². The predicted molar refractivity (Wildman–Crippen MR) is 91.2 cm³/mol. The molecule has 0 radical (unpaired) electrons. The van der Waals surface area contributed by atoms with Gasteiger partial charge < -0.3 is 5.73 Å². The molecule has 4 bridgehead atoms. The highest BCUT2D eigenvalue weighted by molar-refractivity contribution is 7.89. The van der Waals surface area contributed by atoms with E-state index in [9.17, 15) is 8.42 Å². The fraction of sp³-hybridized carbons (Fsp3) is 0.667. The average Bonchev–Trinajstić information content (AvgIpc) is 2.45. The summed E-state index contributed by atoms with van der Waals surface area (Å²) >= 11 is 0. The zero-order chi connectivity index (χ0) is 16.2. The van der Waals surface area contributed by atoms with Gasteiger partial charge in [0.2, 0.25) is 10.0 Å². The SMILES string of the molecule is C[C@H](NS(=O)(=O)c1ccc(N)cc1)C12CC3CC(CC(C3)C1)C2. The molecule has 5 rings (SSSR count). The Morgan fingerprint density at radius 2 is 1.52 bits per heavy atom. The molecule has 4 saturated carbocycles. The van der Waals surface area contributed by atoms with Crippen LogP contribution in [0.1, 0.15) is 45.4 Å². The Morgan fingerprint density at radius 3 is 2.00 bits per heavy atom. The van der Waals surface area contributed by atoms with Gasteiger partial charge in [0.05, 0.1) is 4.90 Å². The van der Waals surface area contributed by atoms with Gasteiger partial charge in [-0.3, -0.25) is 0 Å². The monoisotopic (exact) mass is 334 g/mol. The highest BCUT2D eigenvalue weighted by Crippen LogP contribution is 2.61. The molecule has 4 fully saturated rings. The molecule has 0 spiro atoms. The summed E-state index contributed by atoms with van der Waals surface area (Å²) in [6.07, 6.45) is 7.71. The lowest BCUT2D eigenvalue weighted by Crippen LogP contribution is -2.55. The van der Waals surface area contributed by atoms with Gasteiger partial charge in [0.1, 0.15) is 0 Å². The second kappa shape index (κ2) is 5.21. The van der Waals surface area contributed by atoms with Crippen LogP contribution in [0.2, 0.25) is 0 Å². The predicted octanol–water partition coefficient (Wildman–Crippen LogP) is 3.15. The zero-order valence-corrected chi connectivity index (χ0v) is 14.5. The minimum absolute atomic E-state index is 0.00143. The molecule has 4 aliphatic carbocycles. The molecule has 126 valence electrons. The number of nitrogen functional groups attached to an aromatic ring is 1. The van der Waals surface area contributed by atoms with E-state index in [0.717, 1.165) is 17.8 Å². The molecule has 3 N–H and O–H groups in total. The Bertz CT molecular complexity index is 661. The molecule has 0 aliphatic heterocycles. The van der Waals surface area contributed by atoms with Gasteiger partial charge in [-0.25, -0.2) is 13.1 Å². The highest BCUT2D eigenvalue weighted by Gasteiger charge is 2.53. The van der Waals surface area contributed by atoms with Gasteiger partial charge in [0, 0.05) is 11.7 Å². The van der Waals surface area contributed by atoms with Crippen LogP contribution in [0, 0.1) is 23.2 Å². The van der Waals surface area contributed by atoms with Crippen LogP contribution < -0.4 is 10.5 Å². The smallest absolute Gasteiger partial charge is 0.240 e. The third-order valence-electron chi connectivity index (χ3n) is 6.53. The van der Waals surface area contributed by atoms with Gasteiger partial charge in [-0.05, 0) is 92.9 Å². The van der Waals surface area contributed by atoms with Crippen LogP contribution in [0.25, 0.3) is 0 Å². The normalized spacial score (nSPS) is 37.0. The summed E-state index contributed by atoms with van der Waals surface area (Å²) in [5.74, 6) is 2.47. The summed E-state index contributed by atoms with van der Waals surface area (Å²) in [4.78, 5) is 0.309. The lowest BCUT2D eigenvalue weighted by atomic mass is 9.48. The van der Waals surface area contributed by atoms with Crippen molar-refractivity contribution in [1.29, 1.82) is 0 Å². The third-order valence-corrected chi connectivity index (χ3v) is 8.08. The number of nitrogens with one attached hydrogen (secondary N) is 1. The van der Waals surface area contributed by atoms with Crippen molar-refractivity contribution < 1.29 is 8.42 Å². The van der Waals surface area contributed by atoms with Crippen molar-refractivity contribution in [3.05, 3.63) is 24.3 Å². The second-order valence-electron chi connectivity index (χ2n) is 8.19. The second-order valence-corrected chi connectivity index (χ2v) is 9.91. The summed E-state index contributed by atoms with van der Waals surface area (Å²) in [6, 6.07) is 6.46. The first kappa shape index (κ1) is 15.5. The average molecular weight is 334 g/mol. The minimum Gasteiger partial charge on any atom is -0.399 e. The number of sulfonamides is 1. The fourth-order valence-corrected chi connectivity index (χ4v) is 7.13. The fourth-order valence-electron chi connectivity index (χ4n) is 5.78. The topological polar surface area (TPSA) is 72.2 Å². The molecule has 1 aromatic carbocycles. The molecule has 4 aliphatic rings. The van der Waals surface area contributed by atoms with Crippen molar-refractivity contribution >= 4 is 15.7 Å². The first-order chi connectivity index (χ1) is 10.9. The summed E-state index contributed by atoms with van der Waals surface area (Å²) in [5, 5.41) is 0. The Balaban J connectivity index is 1.55. The van der Waals surface area contributed by atoms with E-state index in [-0.39, 0.29) is 11.5 Å². The van der Waals surface area contributed by atoms with E-state index in [1.54, 1.807) is 24.3 Å². The minimum atomic E-state index is -3.48. The highest BCUT2D eigenvalue weighted by atomic mass is 32.2. The van der Waals surface area contributed by atoms with Gasteiger partial charge in [0.15, 0.2) is 0 Å². The summed E-state index contributed by atoms with van der Waals surface area (Å²) in [5.41, 5.74) is 6.42. The van der Waals surface area contributed by atoms with E-state index < -0.39 is 10.0 Å². The Labute approximate surface area is 138 Å². The largest absolute Gasteiger partial charge is 0.399 e. The van der Waals surface area contributed by atoms with E-state index in [0.29, 0.717) is 10.6 Å². The standard InChI is InChI=1S/C18H26N2O2S/c1-12(20-23(21,22)17-4-2-16(19)3-5-17)18-9-13-6-14(10-18)8-15(7-13)11-18/h2-5,12-15,20H,6-11,19H2,1H3/t12-,13?,14?,15?,18?/m0/s1. The maximum Gasteiger partial charge on any atom is 0.240 e. The van der Waals surface area contributed by atoms with Crippen LogP contribution in [0.4, 0.5) is 5.69 Å². The van der Waals surface area contributed by atoms with Gasteiger partial charge in [-0.2, -0.15) is 0 Å². The molecule has 4 nitrogen and oxygen atoms in total. The van der Waals surface area contributed by atoms with Crippen molar-refractivity contribution in [2.45, 2.75) is 56.4 Å². The molecule has 1 atom stereocenters. The van der Waals surface area contributed by atoms with E-state index >= 15 is 0 Å². The zero-order valence-electron chi connectivity index (χ0n) is 13.7. The van der Waals surface area contributed by atoms with Crippen molar-refractivity contribution in [2.75, 3.05) is 5.73 Å². The summed E-state index contributed by atoms with van der Waals surface area (Å²) in [7, 11) is -3.48. The summed E-state index contributed by atoms with van der Waals surface area (Å²) < 4.78 is 28.4. The van der Waals surface area contributed by atoms with Gasteiger partial charge in [0.25, 0.3) is 0 Å². The molecular weight excluding hydrogens is 308 g/mol. The van der Waals surface area contributed by atoms with Crippen molar-refractivity contribution in [2.24, 2.45) is 23.2 Å². The van der Waals surface area contributed by atoms with Crippen LogP contribution in [0.5, 0.6) is 0 Å². The quantitative estimate of drug-likeness (QED) is 0.831. The van der Waals surface area contributed by atoms with Gasteiger partial charge in [-0.15, -0.1) is 0 Å². The lowest BCUT2D eigenvalue weighted by Gasteiger charge is -2.59. The van der Waals surface area contributed by atoms with E-state index in [4.69, 9.17) is 5.73 Å². The number of nitrogens with two attached hydrogens (primary N) is 1. The first-order valence-electron chi connectivity index (χ1n) is 8.74. The van der Waals surface area contributed by atoms with E-state index in [1.165, 1.54) is 38.5 Å². The van der Waals surface area contributed by atoms with Crippen LogP contribution in [-0.4, -0.2) is 14.5 Å². The van der Waals surface area contributed by atoms with Gasteiger partial charge in [-0.1, -0.05) is 0 Å². The Kier molecular flexibility index (Phi) is 3.50. The van der Waals surface area contributed by atoms with Crippen LogP contribution in [-0.2, 0) is 10.0 Å². The molecule has 0 amide bonds. The Morgan fingerprint density at radius 1 is 1.04 bits per heavy atom. The van der Waals surface area contributed by atoms with E-state index in [1.807, 2.05) is 0 Å². The molecule has 1 aromatic rings.